The standard InChI is InChI=1S/C17H19NO2/c1-17(2,13-9-5-4-6-10-13)16(19)18-14-11-7-8-12-15(14)20-3/h4-12H,1-3H3,(H,18,19). The van der Waals surface area contributed by atoms with E-state index >= 15 is 0 Å². The number of hydrogen-bond acceptors (Lipinski definition) is 2. The van der Waals surface area contributed by atoms with Gasteiger partial charge in [0.1, 0.15) is 5.75 Å². The fourth-order valence-corrected chi connectivity index (χ4v) is 2.01. The van der Waals surface area contributed by atoms with Gasteiger partial charge in [0, 0.05) is 0 Å². The minimum absolute atomic E-state index is 0.0619. The Morgan fingerprint density at radius 1 is 1.00 bits per heavy atom. The van der Waals surface area contributed by atoms with E-state index in [4.69, 9.17) is 4.74 Å². The predicted molar refractivity (Wildman–Crippen MR) is 81.1 cm³/mol. The lowest BCUT2D eigenvalue weighted by molar-refractivity contribution is -0.120. The van der Waals surface area contributed by atoms with E-state index in [9.17, 15) is 4.79 Å². The van der Waals surface area contributed by atoms with E-state index < -0.39 is 5.41 Å². The highest BCUT2D eigenvalue weighted by Crippen LogP contribution is 2.28. The van der Waals surface area contributed by atoms with Crippen LogP contribution in [0.5, 0.6) is 5.75 Å². The van der Waals surface area contributed by atoms with Crippen LogP contribution in [0.3, 0.4) is 0 Å². The molecule has 0 aliphatic carbocycles. The van der Waals surface area contributed by atoms with Crippen LogP contribution in [0.4, 0.5) is 5.69 Å². The van der Waals surface area contributed by atoms with Gasteiger partial charge >= 0.3 is 0 Å². The topological polar surface area (TPSA) is 38.3 Å². The highest BCUT2D eigenvalue weighted by atomic mass is 16.5. The molecule has 0 aliphatic heterocycles. The molecule has 0 aliphatic rings. The Hall–Kier alpha value is -2.29. The van der Waals surface area contributed by atoms with Crippen molar-refractivity contribution >= 4 is 11.6 Å². The number of hydrogen-bond donors (Lipinski definition) is 1. The summed E-state index contributed by atoms with van der Waals surface area (Å²) >= 11 is 0. The maximum atomic E-state index is 12.5. The number of carbonyl (C=O) groups excluding carboxylic acids is 1. The number of amides is 1. The van der Waals surface area contributed by atoms with Crippen LogP contribution >= 0.6 is 0 Å². The summed E-state index contributed by atoms with van der Waals surface area (Å²) in [4.78, 5) is 12.5. The Balaban J connectivity index is 2.24. The van der Waals surface area contributed by atoms with Gasteiger partial charge in [0.25, 0.3) is 0 Å². The molecule has 0 aromatic heterocycles. The zero-order valence-electron chi connectivity index (χ0n) is 12.0. The number of rotatable bonds is 4. The maximum absolute atomic E-state index is 12.5. The van der Waals surface area contributed by atoms with Crippen molar-refractivity contribution in [1.29, 1.82) is 0 Å². The largest absolute Gasteiger partial charge is 0.495 e. The van der Waals surface area contributed by atoms with Gasteiger partial charge in [0.15, 0.2) is 0 Å². The fourth-order valence-electron chi connectivity index (χ4n) is 2.01. The van der Waals surface area contributed by atoms with Crippen molar-refractivity contribution in [3.63, 3.8) is 0 Å². The Bertz CT molecular complexity index is 591. The Morgan fingerprint density at radius 2 is 1.60 bits per heavy atom. The summed E-state index contributed by atoms with van der Waals surface area (Å²) in [6.07, 6.45) is 0. The molecule has 20 heavy (non-hydrogen) atoms. The highest BCUT2D eigenvalue weighted by Gasteiger charge is 2.30. The summed E-state index contributed by atoms with van der Waals surface area (Å²) < 4.78 is 5.25. The van der Waals surface area contributed by atoms with Gasteiger partial charge in [0.05, 0.1) is 18.2 Å². The number of carbonyl (C=O) groups is 1. The van der Waals surface area contributed by atoms with E-state index in [2.05, 4.69) is 5.32 Å². The van der Waals surface area contributed by atoms with Crippen molar-refractivity contribution < 1.29 is 9.53 Å². The van der Waals surface area contributed by atoms with Crippen molar-refractivity contribution in [2.24, 2.45) is 0 Å². The van der Waals surface area contributed by atoms with Crippen molar-refractivity contribution in [3.8, 4) is 5.75 Å². The monoisotopic (exact) mass is 269 g/mol. The number of benzene rings is 2. The number of anilines is 1. The molecule has 0 unspecified atom stereocenters. The first-order valence-electron chi connectivity index (χ1n) is 6.55. The molecule has 0 fully saturated rings. The van der Waals surface area contributed by atoms with E-state index in [1.807, 2.05) is 68.4 Å². The van der Waals surface area contributed by atoms with Crippen LogP contribution in [0, 0.1) is 0 Å². The molecule has 2 aromatic carbocycles. The first-order chi connectivity index (χ1) is 9.55. The average molecular weight is 269 g/mol. The molecule has 1 amide bonds. The van der Waals surface area contributed by atoms with E-state index in [1.165, 1.54) is 0 Å². The molecule has 3 nitrogen and oxygen atoms in total. The Kier molecular flexibility index (Phi) is 4.08. The molecule has 104 valence electrons. The molecule has 0 saturated heterocycles. The summed E-state index contributed by atoms with van der Waals surface area (Å²) in [5.41, 5.74) is 1.05. The molecule has 0 bridgehead atoms. The minimum atomic E-state index is -0.609. The highest BCUT2D eigenvalue weighted by molar-refractivity contribution is 5.99. The van der Waals surface area contributed by atoms with Gasteiger partial charge in [-0.15, -0.1) is 0 Å². The van der Waals surface area contributed by atoms with Crippen LogP contribution in [0.25, 0.3) is 0 Å². The van der Waals surface area contributed by atoms with E-state index in [-0.39, 0.29) is 5.91 Å². The average Bonchev–Trinajstić information content (AvgIpc) is 2.48. The minimum Gasteiger partial charge on any atom is -0.495 e. The molecule has 1 N–H and O–H groups in total. The first kappa shape index (κ1) is 14.1. The molecule has 2 rings (SSSR count). The fraction of sp³-hybridized carbons (Fsp3) is 0.235. The number of nitrogens with one attached hydrogen (secondary N) is 1. The normalized spacial score (nSPS) is 10.9. The molecule has 0 spiro atoms. The Morgan fingerprint density at radius 3 is 2.25 bits per heavy atom. The third-order valence-corrected chi connectivity index (χ3v) is 3.42. The van der Waals surface area contributed by atoms with Crippen LogP contribution in [-0.4, -0.2) is 13.0 Å². The zero-order valence-corrected chi connectivity index (χ0v) is 12.0. The van der Waals surface area contributed by atoms with Crippen LogP contribution in [-0.2, 0) is 10.2 Å². The molecule has 0 heterocycles. The van der Waals surface area contributed by atoms with Crippen molar-refractivity contribution in [2.75, 3.05) is 12.4 Å². The van der Waals surface area contributed by atoms with Gasteiger partial charge in [0.2, 0.25) is 5.91 Å². The van der Waals surface area contributed by atoms with Gasteiger partial charge in [-0.3, -0.25) is 4.79 Å². The lowest BCUT2D eigenvalue weighted by Crippen LogP contribution is -2.34. The van der Waals surface area contributed by atoms with Crippen LogP contribution in [0.15, 0.2) is 54.6 Å². The van der Waals surface area contributed by atoms with Crippen molar-refractivity contribution in [3.05, 3.63) is 60.2 Å². The lowest BCUT2D eigenvalue weighted by atomic mass is 9.83. The molecular formula is C17H19NO2. The van der Waals surface area contributed by atoms with Crippen LogP contribution in [0.2, 0.25) is 0 Å². The SMILES string of the molecule is COc1ccccc1NC(=O)C(C)(C)c1ccccc1. The molecule has 0 saturated carbocycles. The summed E-state index contributed by atoms with van der Waals surface area (Å²) in [5, 5.41) is 2.94. The van der Waals surface area contributed by atoms with Gasteiger partial charge in [-0.2, -0.15) is 0 Å². The summed E-state index contributed by atoms with van der Waals surface area (Å²) in [6, 6.07) is 17.1. The van der Waals surface area contributed by atoms with E-state index in [0.29, 0.717) is 11.4 Å². The molecule has 0 atom stereocenters. The number of para-hydroxylation sites is 2. The third-order valence-electron chi connectivity index (χ3n) is 3.42. The molecule has 3 heteroatoms. The van der Waals surface area contributed by atoms with Gasteiger partial charge < -0.3 is 10.1 Å². The summed E-state index contributed by atoms with van der Waals surface area (Å²) in [6.45, 7) is 3.82. The van der Waals surface area contributed by atoms with Gasteiger partial charge in [-0.1, -0.05) is 42.5 Å². The third kappa shape index (κ3) is 2.82. The van der Waals surface area contributed by atoms with Gasteiger partial charge in [-0.25, -0.2) is 0 Å². The smallest absolute Gasteiger partial charge is 0.234 e. The van der Waals surface area contributed by atoms with Crippen molar-refractivity contribution in [1.82, 2.24) is 0 Å². The zero-order chi connectivity index (χ0) is 14.6. The second-order valence-corrected chi connectivity index (χ2v) is 5.15. The molecule has 2 aromatic rings. The second kappa shape index (κ2) is 5.78. The van der Waals surface area contributed by atoms with Crippen LogP contribution in [0.1, 0.15) is 19.4 Å². The Labute approximate surface area is 119 Å². The van der Waals surface area contributed by atoms with Crippen LogP contribution < -0.4 is 10.1 Å². The molecule has 0 radical (unpaired) electrons. The first-order valence-corrected chi connectivity index (χ1v) is 6.55. The molecular weight excluding hydrogens is 250 g/mol. The van der Waals surface area contributed by atoms with Gasteiger partial charge in [-0.05, 0) is 31.5 Å². The number of ether oxygens (including phenoxy) is 1. The van der Waals surface area contributed by atoms with Crippen molar-refractivity contribution in [2.45, 2.75) is 19.3 Å². The predicted octanol–water partition coefficient (Wildman–Crippen LogP) is 3.61. The summed E-state index contributed by atoms with van der Waals surface area (Å²) in [7, 11) is 1.59. The maximum Gasteiger partial charge on any atom is 0.234 e. The van der Waals surface area contributed by atoms with E-state index in [1.54, 1.807) is 7.11 Å². The second-order valence-electron chi connectivity index (χ2n) is 5.15. The lowest BCUT2D eigenvalue weighted by Gasteiger charge is -2.24. The summed E-state index contributed by atoms with van der Waals surface area (Å²) in [5.74, 6) is 0.595. The number of methoxy groups -OCH3 is 1. The van der Waals surface area contributed by atoms with E-state index in [0.717, 1.165) is 5.56 Å². The quantitative estimate of drug-likeness (QED) is 0.920.